The van der Waals surface area contributed by atoms with Gasteiger partial charge in [0.15, 0.2) is 0 Å². The molecule has 0 aliphatic carbocycles. The number of carbonyl (C=O) groups excluding carboxylic acids is 1. The molecule has 0 aliphatic rings. The van der Waals surface area contributed by atoms with Crippen LogP contribution in [0.15, 0.2) is 53.9 Å². The van der Waals surface area contributed by atoms with Crippen LogP contribution in [0.1, 0.15) is 20.7 Å². The number of carboxylic acid groups (broad SMARTS) is 1. The van der Waals surface area contributed by atoms with E-state index in [4.69, 9.17) is 16.3 Å². The van der Waals surface area contributed by atoms with Crippen molar-refractivity contribution in [2.45, 2.75) is 0 Å². The first-order valence-corrected chi connectivity index (χ1v) is 8.82. The fourth-order valence-corrected chi connectivity index (χ4v) is 3.59. The summed E-state index contributed by atoms with van der Waals surface area (Å²) in [4.78, 5) is 24.4. The zero-order valence-electron chi connectivity index (χ0n) is 13.7. The molecule has 1 aromatic heterocycles. The van der Waals surface area contributed by atoms with Gasteiger partial charge >= 0.3 is 5.97 Å². The van der Waals surface area contributed by atoms with Crippen LogP contribution in [-0.2, 0) is 0 Å². The third-order valence-electron chi connectivity index (χ3n) is 3.74. The van der Waals surface area contributed by atoms with Gasteiger partial charge in [-0.05, 0) is 29.8 Å². The number of aromatic carboxylic acids is 1. The third kappa shape index (κ3) is 3.56. The predicted octanol–water partition coefficient (Wildman–Crippen LogP) is 5.03. The highest BCUT2D eigenvalue weighted by molar-refractivity contribution is 7.15. The van der Waals surface area contributed by atoms with Crippen molar-refractivity contribution in [1.29, 1.82) is 0 Å². The molecule has 5 nitrogen and oxygen atoms in total. The number of halogens is 1. The van der Waals surface area contributed by atoms with Crippen molar-refractivity contribution >= 4 is 39.8 Å². The van der Waals surface area contributed by atoms with Gasteiger partial charge in [-0.1, -0.05) is 35.9 Å². The Labute approximate surface area is 158 Å². The fourth-order valence-electron chi connectivity index (χ4n) is 2.51. The predicted molar refractivity (Wildman–Crippen MR) is 103 cm³/mol. The highest BCUT2D eigenvalue weighted by Crippen LogP contribution is 2.36. The van der Waals surface area contributed by atoms with Gasteiger partial charge in [0.05, 0.1) is 12.7 Å². The maximum Gasteiger partial charge on any atom is 0.339 e. The van der Waals surface area contributed by atoms with Gasteiger partial charge in [0, 0.05) is 16.0 Å². The molecular formula is C19H14ClNO4S. The molecule has 7 heteroatoms. The number of hydrogen-bond donors (Lipinski definition) is 2. The Bertz CT molecular complexity index is 966. The number of carbonyl (C=O) groups is 2. The second-order valence-corrected chi connectivity index (χ2v) is 6.64. The van der Waals surface area contributed by atoms with Gasteiger partial charge in [-0.3, -0.25) is 4.79 Å². The molecule has 2 N–H and O–H groups in total. The summed E-state index contributed by atoms with van der Waals surface area (Å²) in [5, 5.41) is 14.8. The SMILES string of the molecule is COc1ccccc1C(=O)Nc1scc(-c2ccc(Cl)cc2)c1C(=O)O. The molecule has 26 heavy (non-hydrogen) atoms. The van der Waals surface area contributed by atoms with Gasteiger partial charge in [-0.25, -0.2) is 4.79 Å². The van der Waals surface area contributed by atoms with Crippen molar-refractivity contribution in [3.63, 3.8) is 0 Å². The summed E-state index contributed by atoms with van der Waals surface area (Å²) in [6.07, 6.45) is 0. The van der Waals surface area contributed by atoms with Crippen molar-refractivity contribution in [1.82, 2.24) is 0 Å². The number of ether oxygens (including phenoxy) is 1. The lowest BCUT2D eigenvalue weighted by molar-refractivity contribution is 0.0699. The van der Waals surface area contributed by atoms with Gasteiger partial charge in [0.2, 0.25) is 0 Å². The molecule has 0 spiro atoms. The molecule has 3 rings (SSSR count). The highest BCUT2D eigenvalue weighted by atomic mass is 35.5. The average molecular weight is 388 g/mol. The Morgan fingerprint density at radius 2 is 1.81 bits per heavy atom. The van der Waals surface area contributed by atoms with Crippen LogP contribution in [0.5, 0.6) is 5.75 Å². The molecule has 2 aromatic carbocycles. The number of rotatable bonds is 5. The summed E-state index contributed by atoms with van der Waals surface area (Å²) in [6, 6.07) is 13.6. The Hall–Kier alpha value is -2.83. The van der Waals surface area contributed by atoms with Crippen LogP contribution in [0.3, 0.4) is 0 Å². The average Bonchev–Trinajstić information content (AvgIpc) is 3.06. The van der Waals surface area contributed by atoms with Crippen LogP contribution in [0, 0.1) is 0 Å². The summed E-state index contributed by atoms with van der Waals surface area (Å²) in [7, 11) is 1.47. The van der Waals surface area contributed by atoms with Gasteiger partial charge in [0.25, 0.3) is 5.91 Å². The molecule has 0 aliphatic heterocycles. The second-order valence-electron chi connectivity index (χ2n) is 5.32. The number of carboxylic acids is 1. The number of para-hydroxylation sites is 1. The summed E-state index contributed by atoms with van der Waals surface area (Å²) >= 11 is 7.04. The number of methoxy groups -OCH3 is 1. The van der Waals surface area contributed by atoms with Crippen molar-refractivity contribution in [2.75, 3.05) is 12.4 Å². The summed E-state index contributed by atoms with van der Waals surface area (Å²) in [6.45, 7) is 0. The number of thiophene rings is 1. The van der Waals surface area contributed by atoms with E-state index in [0.29, 0.717) is 27.5 Å². The van der Waals surface area contributed by atoms with Crippen LogP contribution in [0.4, 0.5) is 5.00 Å². The van der Waals surface area contributed by atoms with Crippen LogP contribution in [0.25, 0.3) is 11.1 Å². The Morgan fingerprint density at radius 1 is 1.12 bits per heavy atom. The maximum absolute atomic E-state index is 12.6. The molecule has 0 saturated carbocycles. The van der Waals surface area contributed by atoms with E-state index >= 15 is 0 Å². The smallest absolute Gasteiger partial charge is 0.339 e. The van der Waals surface area contributed by atoms with E-state index in [2.05, 4.69) is 5.32 Å². The summed E-state index contributed by atoms with van der Waals surface area (Å²) in [5.74, 6) is -1.14. The minimum absolute atomic E-state index is 0.0422. The van der Waals surface area contributed by atoms with E-state index in [0.717, 1.165) is 11.3 Å². The molecule has 0 unspecified atom stereocenters. The lowest BCUT2D eigenvalue weighted by Crippen LogP contribution is -2.14. The minimum atomic E-state index is -1.12. The quantitative estimate of drug-likeness (QED) is 0.644. The topological polar surface area (TPSA) is 75.6 Å². The first-order chi connectivity index (χ1) is 12.5. The van der Waals surface area contributed by atoms with Gasteiger partial charge in [-0.2, -0.15) is 0 Å². The maximum atomic E-state index is 12.6. The molecular weight excluding hydrogens is 374 g/mol. The molecule has 0 fully saturated rings. The lowest BCUT2D eigenvalue weighted by atomic mass is 10.0. The normalized spacial score (nSPS) is 10.4. The van der Waals surface area contributed by atoms with Gasteiger partial charge in [-0.15, -0.1) is 11.3 Å². The van der Waals surface area contributed by atoms with Crippen LogP contribution < -0.4 is 10.1 Å². The summed E-state index contributed by atoms with van der Waals surface area (Å²) in [5.41, 5.74) is 1.60. The summed E-state index contributed by atoms with van der Waals surface area (Å²) < 4.78 is 5.18. The lowest BCUT2D eigenvalue weighted by Gasteiger charge is -2.09. The van der Waals surface area contributed by atoms with E-state index in [1.54, 1.807) is 53.9 Å². The van der Waals surface area contributed by atoms with Crippen LogP contribution >= 0.6 is 22.9 Å². The van der Waals surface area contributed by atoms with E-state index in [9.17, 15) is 14.7 Å². The standard InChI is InChI=1S/C19H14ClNO4S/c1-25-15-5-3-2-4-13(15)17(22)21-18-16(19(23)24)14(10-26-18)11-6-8-12(20)9-7-11/h2-10H,1H3,(H,21,22)(H,23,24). The van der Waals surface area contributed by atoms with E-state index in [-0.39, 0.29) is 10.6 Å². The first-order valence-electron chi connectivity index (χ1n) is 7.56. The molecule has 3 aromatic rings. The van der Waals surface area contributed by atoms with Crippen molar-refractivity contribution < 1.29 is 19.4 Å². The zero-order chi connectivity index (χ0) is 18.7. The number of nitrogens with one attached hydrogen (secondary N) is 1. The molecule has 0 saturated heterocycles. The molecule has 0 bridgehead atoms. The molecule has 132 valence electrons. The molecule has 0 radical (unpaired) electrons. The van der Waals surface area contributed by atoms with E-state index in [1.807, 2.05) is 0 Å². The van der Waals surface area contributed by atoms with Crippen LogP contribution in [-0.4, -0.2) is 24.1 Å². The van der Waals surface area contributed by atoms with Crippen LogP contribution in [0.2, 0.25) is 5.02 Å². The third-order valence-corrected chi connectivity index (χ3v) is 4.89. The minimum Gasteiger partial charge on any atom is -0.496 e. The number of hydrogen-bond acceptors (Lipinski definition) is 4. The largest absolute Gasteiger partial charge is 0.496 e. The monoisotopic (exact) mass is 387 g/mol. The van der Waals surface area contributed by atoms with Crippen molar-refractivity contribution in [3.05, 3.63) is 70.1 Å². The Balaban J connectivity index is 1.97. The fraction of sp³-hybridized carbons (Fsp3) is 0.0526. The highest BCUT2D eigenvalue weighted by Gasteiger charge is 2.22. The van der Waals surface area contributed by atoms with Crippen molar-refractivity contribution in [3.8, 4) is 16.9 Å². The van der Waals surface area contributed by atoms with Gasteiger partial charge in [0.1, 0.15) is 16.3 Å². The number of amides is 1. The number of anilines is 1. The molecule has 0 atom stereocenters. The van der Waals surface area contributed by atoms with Crippen molar-refractivity contribution in [2.24, 2.45) is 0 Å². The molecule has 1 heterocycles. The van der Waals surface area contributed by atoms with E-state index < -0.39 is 11.9 Å². The zero-order valence-corrected chi connectivity index (χ0v) is 15.2. The van der Waals surface area contributed by atoms with E-state index in [1.165, 1.54) is 7.11 Å². The molecule has 1 amide bonds. The Kier molecular flexibility index (Phi) is 5.25. The Morgan fingerprint density at radius 3 is 2.46 bits per heavy atom. The first kappa shape index (κ1) is 18.0. The number of benzene rings is 2. The second kappa shape index (κ2) is 7.59. The van der Waals surface area contributed by atoms with Gasteiger partial charge < -0.3 is 15.2 Å².